The van der Waals surface area contributed by atoms with Crippen LogP contribution in [0, 0.1) is 5.92 Å². The topological polar surface area (TPSA) is 65.7 Å². The van der Waals surface area contributed by atoms with Crippen molar-refractivity contribution in [2.75, 3.05) is 19.6 Å². The van der Waals surface area contributed by atoms with E-state index in [0.717, 1.165) is 5.56 Å². The van der Waals surface area contributed by atoms with Gasteiger partial charge in [-0.15, -0.1) is 12.4 Å². The summed E-state index contributed by atoms with van der Waals surface area (Å²) in [7, 11) is 0. The molecule has 0 bridgehead atoms. The third kappa shape index (κ3) is 4.34. The van der Waals surface area contributed by atoms with Gasteiger partial charge in [-0.2, -0.15) is 0 Å². The monoisotopic (exact) mass is 336 g/mol. The standard InChI is InChI=1S/C17H20N2O3.ClH/c20-15(16-7-4-8-22-16)12-19(17(21)14-9-18-10-14)11-13-5-2-1-3-6-13;/h1-8,14-15,18,20H,9-12H2;1H. The lowest BCUT2D eigenvalue weighted by molar-refractivity contribution is -0.139. The Kier molecular flexibility index (Phi) is 6.21. The number of hydrogen-bond acceptors (Lipinski definition) is 4. The van der Waals surface area contributed by atoms with Gasteiger partial charge in [0, 0.05) is 19.6 Å². The average Bonchev–Trinajstić information content (AvgIpc) is 3.00. The molecular weight excluding hydrogens is 316 g/mol. The summed E-state index contributed by atoms with van der Waals surface area (Å²) in [6, 6.07) is 13.3. The molecule has 1 aliphatic heterocycles. The van der Waals surface area contributed by atoms with Crippen LogP contribution < -0.4 is 5.32 Å². The second-order valence-electron chi connectivity index (χ2n) is 5.59. The van der Waals surface area contributed by atoms with Gasteiger partial charge in [-0.3, -0.25) is 4.79 Å². The van der Waals surface area contributed by atoms with Crippen LogP contribution >= 0.6 is 12.4 Å². The van der Waals surface area contributed by atoms with Crippen molar-refractivity contribution in [3.8, 4) is 0 Å². The Hall–Kier alpha value is -1.82. The number of aliphatic hydroxyl groups excluding tert-OH is 1. The van der Waals surface area contributed by atoms with Crippen molar-refractivity contribution >= 4 is 18.3 Å². The Bertz CT molecular complexity index is 600. The number of carbonyl (C=O) groups is 1. The number of benzene rings is 1. The third-order valence-electron chi connectivity index (χ3n) is 3.92. The molecular formula is C17H21ClN2O3. The third-order valence-corrected chi connectivity index (χ3v) is 3.92. The van der Waals surface area contributed by atoms with Gasteiger partial charge in [-0.05, 0) is 17.7 Å². The molecule has 1 aliphatic rings. The Morgan fingerprint density at radius 2 is 2.00 bits per heavy atom. The minimum absolute atomic E-state index is 0. The number of aliphatic hydroxyl groups is 1. The predicted molar refractivity (Wildman–Crippen MR) is 89.1 cm³/mol. The van der Waals surface area contributed by atoms with Gasteiger partial charge in [0.15, 0.2) is 0 Å². The van der Waals surface area contributed by atoms with E-state index in [2.05, 4.69) is 5.32 Å². The van der Waals surface area contributed by atoms with Gasteiger partial charge in [0.05, 0.1) is 18.7 Å². The highest BCUT2D eigenvalue weighted by Gasteiger charge is 2.30. The van der Waals surface area contributed by atoms with Crippen LogP contribution in [0.4, 0.5) is 0 Å². The van der Waals surface area contributed by atoms with E-state index in [1.165, 1.54) is 6.26 Å². The molecule has 2 N–H and O–H groups in total. The number of rotatable bonds is 6. The SMILES string of the molecule is Cl.O=C(C1CNC1)N(Cc1ccccc1)CC(O)c1ccco1. The van der Waals surface area contributed by atoms with E-state index in [-0.39, 0.29) is 30.8 Å². The van der Waals surface area contributed by atoms with Crippen LogP contribution in [0.15, 0.2) is 53.1 Å². The van der Waals surface area contributed by atoms with Gasteiger partial charge in [-0.25, -0.2) is 0 Å². The van der Waals surface area contributed by atoms with Crippen LogP contribution in [0.1, 0.15) is 17.4 Å². The van der Waals surface area contributed by atoms with E-state index >= 15 is 0 Å². The molecule has 1 fully saturated rings. The van der Waals surface area contributed by atoms with E-state index in [4.69, 9.17) is 4.42 Å². The highest BCUT2D eigenvalue weighted by atomic mass is 35.5. The normalized spacial score (nSPS) is 15.3. The lowest BCUT2D eigenvalue weighted by atomic mass is 10.0. The van der Waals surface area contributed by atoms with Gasteiger partial charge in [0.1, 0.15) is 11.9 Å². The Labute approximate surface area is 141 Å². The van der Waals surface area contributed by atoms with Crippen molar-refractivity contribution in [3.63, 3.8) is 0 Å². The molecule has 1 saturated heterocycles. The van der Waals surface area contributed by atoms with E-state index in [0.29, 0.717) is 25.4 Å². The highest BCUT2D eigenvalue weighted by molar-refractivity contribution is 5.85. The minimum Gasteiger partial charge on any atom is -0.467 e. The van der Waals surface area contributed by atoms with Crippen molar-refractivity contribution in [3.05, 3.63) is 60.1 Å². The zero-order chi connectivity index (χ0) is 15.4. The smallest absolute Gasteiger partial charge is 0.228 e. The van der Waals surface area contributed by atoms with Crippen molar-refractivity contribution in [1.82, 2.24) is 10.2 Å². The first-order chi connectivity index (χ1) is 10.7. The summed E-state index contributed by atoms with van der Waals surface area (Å²) in [4.78, 5) is 14.3. The number of furan rings is 1. The molecule has 0 radical (unpaired) electrons. The number of hydrogen-bond donors (Lipinski definition) is 2. The Balaban J connectivity index is 0.00000192. The maximum absolute atomic E-state index is 12.6. The Morgan fingerprint density at radius 3 is 2.57 bits per heavy atom. The number of carbonyl (C=O) groups excluding carboxylic acids is 1. The summed E-state index contributed by atoms with van der Waals surface area (Å²) in [6.45, 7) is 2.15. The fraction of sp³-hybridized carbons (Fsp3) is 0.353. The molecule has 124 valence electrons. The van der Waals surface area contributed by atoms with Crippen LogP contribution in [0.3, 0.4) is 0 Å². The summed E-state index contributed by atoms with van der Waals surface area (Å²) in [5.74, 6) is 0.568. The van der Waals surface area contributed by atoms with Gasteiger partial charge in [-0.1, -0.05) is 30.3 Å². The van der Waals surface area contributed by atoms with Crippen molar-refractivity contribution in [1.29, 1.82) is 0 Å². The average molecular weight is 337 g/mol. The number of nitrogens with one attached hydrogen (secondary N) is 1. The summed E-state index contributed by atoms with van der Waals surface area (Å²) >= 11 is 0. The molecule has 1 aromatic carbocycles. The molecule has 2 heterocycles. The summed E-state index contributed by atoms with van der Waals surface area (Å²) < 4.78 is 5.23. The molecule has 1 unspecified atom stereocenters. The van der Waals surface area contributed by atoms with Crippen molar-refractivity contribution in [2.24, 2.45) is 5.92 Å². The lowest BCUT2D eigenvalue weighted by Crippen LogP contribution is -2.52. The van der Waals surface area contributed by atoms with E-state index in [1.807, 2.05) is 30.3 Å². The maximum Gasteiger partial charge on any atom is 0.228 e. The van der Waals surface area contributed by atoms with Gasteiger partial charge in [0.2, 0.25) is 5.91 Å². The first kappa shape index (κ1) is 17.5. The zero-order valence-corrected chi connectivity index (χ0v) is 13.5. The van der Waals surface area contributed by atoms with E-state index in [1.54, 1.807) is 17.0 Å². The number of amides is 1. The van der Waals surface area contributed by atoms with E-state index < -0.39 is 6.10 Å². The van der Waals surface area contributed by atoms with E-state index in [9.17, 15) is 9.90 Å². The summed E-state index contributed by atoms with van der Waals surface area (Å²) in [5.41, 5.74) is 1.05. The summed E-state index contributed by atoms with van der Waals surface area (Å²) in [6.07, 6.45) is 0.716. The molecule has 0 spiro atoms. The fourth-order valence-corrected chi connectivity index (χ4v) is 2.54. The molecule has 0 saturated carbocycles. The van der Waals surface area contributed by atoms with Gasteiger partial charge < -0.3 is 19.7 Å². The minimum atomic E-state index is -0.810. The lowest BCUT2D eigenvalue weighted by Gasteiger charge is -2.33. The van der Waals surface area contributed by atoms with Crippen LogP contribution in [0.5, 0.6) is 0 Å². The first-order valence-electron chi connectivity index (χ1n) is 7.49. The largest absolute Gasteiger partial charge is 0.467 e. The molecule has 1 amide bonds. The molecule has 1 aromatic heterocycles. The van der Waals surface area contributed by atoms with Crippen molar-refractivity contribution in [2.45, 2.75) is 12.6 Å². The second-order valence-corrected chi connectivity index (χ2v) is 5.59. The quantitative estimate of drug-likeness (QED) is 0.846. The molecule has 6 heteroatoms. The predicted octanol–water partition coefficient (Wildman–Crippen LogP) is 1.98. The molecule has 3 rings (SSSR count). The molecule has 23 heavy (non-hydrogen) atoms. The molecule has 0 aliphatic carbocycles. The van der Waals surface area contributed by atoms with Crippen molar-refractivity contribution < 1.29 is 14.3 Å². The number of nitrogens with zero attached hydrogens (tertiary/aromatic N) is 1. The molecule has 5 nitrogen and oxygen atoms in total. The summed E-state index contributed by atoms with van der Waals surface area (Å²) in [5, 5.41) is 13.4. The molecule has 1 atom stereocenters. The first-order valence-corrected chi connectivity index (χ1v) is 7.49. The molecule has 2 aromatic rings. The van der Waals surface area contributed by atoms with Gasteiger partial charge in [0.25, 0.3) is 0 Å². The van der Waals surface area contributed by atoms with Crippen LogP contribution in [-0.2, 0) is 11.3 Å². The van der Waals surface area contributed by atoms with Gasteiger partial charge >= 0.3 is 0 Å². The number of halogens is 1. The highest BCUT2D eigenvalue weighted by Crippen LogP contribution is 2.19. The van der Waals surface area contributed by atoms with Crippen LogP contribution in [0.2, 0.25) is 0 Å². The second kappa shape index (κ2) is 8.15. The zero-order valence-electron chi connectivity index (χ0n) is 12.7. The maximum atomic E-state index is 12.6. The Morgan fingerprint density at radius 1 is 1.26 bits per heavy atom. The van der Waals surface area contributed by atoms with Crippen LogP contribution in [0.25, 0.3) is 0 Å². The fourth-order valence-electron chi connectivity index (χ4n) is 2.54. The van der Waals surface area contributed by atoms with Crippen LogP contribution in [-0.4, -0.2) is 35.5 Å².